The maximum absolute atomic E-state index is 13.2. The van der Waals surface area contributed by atoms with Crippen LogP contribution in [0.1, 0.15) is 36.7 Å². The Bertz CT molecular complexity index is 1170. The van der Waals surface area contributed by atoms with E-state index in [2.05, 4.69) is 32.6 Å². The third-order valence-electron chi connectivity index (χ3n) is 4.64. The number of ether oxygens (including phenoxy) is 3. The zero-order chi connectivity index (χ0) is 25.0. The average Bonchev–Trinajstić information content (AvgIpc) is 2.78. The summed E-state index contributed by atoms with van der Waals surface area (Å²) in [7, 11) is 1.25. The van der Waals surface area contributed by atoms with Gasteiger partial charge in [0.25, 0.3) is 11.8 Å². The third-order valence-corrected chi connectivity index (χ3v) is 5.45. The molecule has 10 heteroatoms. The van der Waals surface area contributed by atoms with Gasteiger partial charge in [0.05, 0.1) is 34.6 Å². The molecule has 2 aromatic carbocycles. The average molecular weight is 578 g/mol. The highest BCUT2D eigenvalue weighted by Gasteiger charge is 2.37. The van der Waals surface area contributed by atoms with Gasteiger partial charge in [-0.2, -0.15) is 0 Å². The molecule has 0 unspecified atom stereocenters. The molecule has 0 saturated carbocycles. The van der Waals surface area contributed by atoms with Crippen LogP contribution in [0.2, 0.25) is 0 Å². The smallest absolute Gasteiger partial charge is 0.337 e. The summed E-state index contributed by atoms with van der Waals surface area (Å²) in [4.78, 5) is 50.6. The van der Waals surface area contributed by atoms with Crippen LogP contribution < -0.4 is 19.7 Å². The number of esters is 1. The summed E-state index contributed by atoms with van der Waals surface area (Å²) in [5.74, 6) is -1.12. The number of methoxy groups -OCH3 is 1. The fourth-order valence-corrected chi connectivity index (χ4v) is 3.96. The number of carbonyl (C=O) groups excluding carboxylic acids is 4. The van der Waals surface area contributed by atoms with E-state index in [0.717, 1.165) is 8.47 Å². The number of halogens is 1. The summed E-state index contributed by atoms with van der Waals surface area (Å²) in [6.45, 7) is 6.03. The van der Waals surface area contributed by atoms with Crippen molar-refractivity contribution in [2.45, 2.75) is 26.9 Å². The van der Waals surface area contributed by atoms with Crippen molar-refractivity contribution in [1.29, 1.82) is 0 Å². The number of barbiturate groups is 1. The van der Waals surface area contributed by atoms with E-state index in [9.17, 15) is 19.2 Å². The molecule has 1 N–H and O–H groups in total. The van der Waals surface area contributed by atoms with Crippen LogP contribution in [-0.2, 0) is 14.3 Å². The summed E-state index contributed by atoms with van der Waals surface area (Å²) in [6.07, 6.45) is 1.32. The highest BCUT2D eigenvalue weighted by atomic mass is 127. The first-order valence-electron chi connectivity index (χ1n) is 10.4. The standard InChI is InChI=1S/C24H23IN2O7/c1-5-33-19-12-14(11-18(25)20(19)34-13(2)3)10-17-21(28)26-24(31)27(22(17)29)16-8-6-15(7-9-16)23(30)32-4/h6-13H,5H2,1-4H3,(H,26,28,31)/b17-10+. The van der Waals surface area contributed by atoms with Gasteiger partial charge in [0.2, 0.25) is 0 Å². The van der Waals surface area contributed by atoms with Crippen molar-refractivity contribution in [3.63, 3.8) is 0 Å². The van der Waals surface area contributed by atoms with Gasteiger partial charge < -0.3 is 14.2 Å². The zero-order valence-electron chi connectivity index (χ0n) is 19.0. The van der Waals surface area contributed by atoms with Crippen LogP contribution in [0.5, 0.6) is 11.5 Å². The van der Waals surface area contributed by atoms with E-state index in [0.29, 0.717) is 23.7 Å². The number of amides is 4. The Hall–Kier alpha value is -3.41. The molecule has 1 aliphatic heterocycles. The van der Waals surface area contributed by atoms with E-state index < -0.39 is 23.8 Å². The minimum atomic E-state index is -0.886. The van der Waals surface area contributed by atoms with Crippen molar-refractivity contribution in [2.75, 3.05) is 18.6 Å². The molecule has 178 valence electrons. The van der Waals surface area contributed by atoms with Crippen LogP contribution in [0.15, 0.2) is 42.0 Å². The lowest BCUT2D eigenvalue weighted by Gasteiger charge is -2.26. The van der Waals surface area contributed by atoms with Crippen LogP contribution in [0.3, 0.4) is 0 Å². The Balaban J connectivity index is 1.99. The second-order valence-corrected chi connectivity index (χ2v) is 8.59. The van der Waals surface area contributed by atoms with E-state index in [1.165, 1.54) is 37.5 Å². The van der Waals surface area contributed by atoms with Gasteiger partial charge in [-0.1, -0.05) is 0 Å². The van der Waals surface area contributed by atoms with E-state index in [1.807, 2.05) is 20.8 Å². The molecule has 0 atom stereocenters. The molecule has 1 heterocycles. The van der Waals surface area contributed by atoms with E-state index in [4.69, 9.17) is 9.47 Å². The van der Waals surface area contributed by atoms with Crippen LogP contribution in [0.4, 0.5) is 10.5 Å². The maximum Gasteiger partial charge on any atom is 0.337 e. The normalized spacial score (nSPS) is 14.9. The number of hydrogen-bond acceptors (Lipinski definition) is 7. The maximum atomic E-state index is 13.2. The van der Waals surface area contributed by atoms with E-state index in [1.54, 1.807) is 12.1 Å². The lowest BCUT2D eigenvalue weighted by molar-refractivity contribution is -0.122. The first-order valence-corrected chi connectivity index (χ1v) is 11.5. The second-order valence-electron chi connectivity index (χ2n) is 7.43. The Morgan fingerprint density at radius 1 is 1.15 bits per heavy atom. The van der Waals surface area contributed by atoms with Crippen molar-refractivity contribution >= 4 is 58.2 Å². The van der Waals surface area contributed by atoms with Crippen LogP contribution in [0.25, 0.3) is 6.08 Å². The number of nitrogens with one attached hydrogen (secondary N) is 1. The number of imide groups is 2. The van der Waals surface area contributed by atoms with Crippen molar-refractivity contribution < 1.29 is 33.4 Å². The van der Waals surface area contributed by atoms with Crippen LogP contribution in [-0.4, -0.2) is 43.6 Å². The second kappa shape index (κ2) is 10.7. The summed E-state index contributed by atoms with van der Waals surface area (Å²) in [5.41, 5.74) is 0.744. The summed E-state index contributed by atoms with van der Waals surface area (Å²) >= 11 is 2.10. The molecule has 0 aliphatic carbocycles. The van der Waals surface area contributed by atoms with Crippen molar-refractivity contribution in [3.05, 3.63) is 56.7 Å². The first-order chi connectivity index (χ1) is 16.2. The lowest BCUT2D eigenvalue weighted by Crippen LogP contribution is -2.54. The number of hydrogen-bond donors (Lipinski definition) is 1. The van der Waals surface area contributed by atoms with Crippen LogP contribution in [0, 0.1) is 3.57 Å². The van der Waals surface area contributed by atoms with Crippen molar-refractivity contribution in [1.82, 2.24) is 5.32 Å². The number of rotatable bonds is 7. The molecule has 0 aromatic heterocycles. The Morgan fingerprint density at radius 2 is 1.82 bits per heavy atom. The number of nitrogens with zero attached hydrogens (tertiary/aromatic N) is 1. The first kappa shape index (κ1) is 25.2. The number of benzene rings is 2. The van der Waals surface area contributed by atoms with E-state index >= 15 is 0 Å². The van der Waals surface area contributed by atoms with Crippen molar-refractivity contribution in [2.24, 2.45) is 0 Å². The molecule has 1 fully saturated rings. The molecule has 1 aliphatic rings. The largest absolute Gasteiger partial charge is 0.490 e. The number of urea groups is 1. The lowest BCUT2D eigenvalue weighted by atomic mass is 10.1. The molecule has 3 rings (SSSR count). The minimum Gasteiger partial charge on any atom is -0.490 e. The summed E-state index contributed by atoms with van der Waals surface area (Å²) in [5, 5.41) is 2.18. The molecule has 0 radical (unpaired) electrons. The Morgan fingerprint density at radius 3 is 2.41 bits per heavy atom. The molecule has 2 aromatic rings. The summed E-state index contributed by atoms with van der Waals surface area (Å²) in [6, 6.07) is 8.22. The van der Waals surface area contributed by atoms with Crippen molar-refractivity contribution in [3.8, 4) is 11.5 Å². The molecule has 0 bridgehead atoms. The molecule has 34 heavy (non-hydrogen) atoms. The van der Waals surface area contributed by atoms with Crippen LogP contribution >= 0.6 is 22.6 Å². The van der Waals surface area contributed by atoms with Gasteiger partial charge in [0.15, 0.2) is 11.5 Å². The molecule has 9 nitrogen and oxygen atoms in total. The van der Waals surface area contributed by atoms with Gasteiger partial charge in [0, 0.05) is 0 Å². The molecule has 1 saturated heterocycles. The summed E-state index contributed by atoms with van der Waals surface area (Å²) < 4.78 is 16.9. The van der Waals surface area contributed by atoms with Gasteiger partial charge in [0.1, 0.15) is 5.57 Å². The fourth-order valence-electron chi connectivity index (χ4n) is 3.21. The SMILES string of the molecule is CCOc1cc(/C=C2\C(=O)NC(=O)N(c3ccc(C(=O)OC)cc3)C2=O)cc(I)c1OC(C)C. The van der Waals surface area contributed by atoms with Gasteiger partial charge in [-0.05, 0) is 91.4 Å². The fraction of sp³-hybridized carbons (Fsp3) is 0.250. The predicted molar refractivity (Wildman–Crippen MR) is 133 cm³/mol. The highest BCUT2D eigenvalue weighted by molar-refractivity contribution is 14.1. The Kier molecular flexibility index (Phi) is 7.92. The predicted octanol–water partition coefficient (Wildman–Crippen LogP) is 3.93. The number of carbonyl (C=O) groups is 4. The number of anilines is 1. The van der Waals surface area contributed by atoms with Gasteiger partial charge in [-0.3, -0.25) is 14.9 Å². The van der Waals surface area contributed by atoms with Gasteiger partial charge in [-0.15, -0.1) is 0 Å². The topological polar surface area (TPSA) is 111 Å². The zero-order valence-corrected chi connectivity index (χ0v) is 21.2. The quantitative estimate of drug-likeness (QED) is 0.230. The molecule has 4 amide bonds. The molecular formula is C24H23IN2O7. The van der Waals surface area contributed by atoms with E-state index in [-0.39, 0.29) is 22.9 Å². The minimum absolute atomic E-state index is 0.0761. The Labute approximate surface area is 210 Å². The molecule has 0 spiro atoms. The highest BCUT2D eigenvalue weighted by Crippen LogP contribution is 2.36. The molecular weight excluding hydrogens is 555 g/mol. The third kappa shape index (κ3) is 5.38. The monoisotopic (exact) mass is 578 g/mol. The van der Waals surface area contributed by atoms with Gasteiger partial charge in [-0.25, -0.2) is 14.5 Å². The van der Waals surface area contributed by atoms with Gasteiger partial charge >= 0.3 is 12.0 Å².